The first-order chi connectivity index (χ1) is 13.7. The van der Waals surface area contributed by atoms with Crippen LogP contribution >= 0.6 is 0 Å². The number of nitrogens with one attached hydrogen (secondary N) is 1. The van der Waals surface area contributed by atoms with Crippen LogP contribution in [0.4, 0.5) is 0 Å². The lowest BCUT2D eigenvalue weighted by molar-refractivity contribution is -0.149. The summed E-state index contributed by atoms with van der Waals surface area (Å²) in [6, 6.07) is 5.20. The number of sulfonamides is 2. The number of carbonyl (C=O) groups excluding carboxylic acids is 1. The van der Waals surface area contributed by atoms with Crippen molar-refractivity contribution in [3.8, 4) is 0 Å². The number of esters is 1. The highest BCUT2D eigenvalue weighted by Crippen LogP contribution is 2.26. The molecular weight excluding hydrogens is 416 g/mol. The average Bonchev–Trinajstić information content (AvgIpc) is 3.20. The second kappa shape index (κ2) is 9.11. The van der Waals surface area contributed by atoms with Crippen LogP contribution in [0.3, 0.4) is 0 Å². The number of benzene rings is 1. The van der Waals surface area contributed by atoms with Gasteiger partial charge in [0.15, 0.2) is 0 Å². The molecule has 1 aromatic carbocycles. The van der Waals surface area contributed by atoms with E-state index >= 15 is 0 Å². The molecule has 3 rings (SSSR count). The normalized spacial score (nSPS) is 21.9. The lowest BCUT2D eigenvalue weighted by Gasteiger charge is -2.30. The Labute approximate surface area is 172 Å². The van der Waals surface area contributed by atoms with Gasteiger partial charge in [-0.05, 0) is 56.9 Å². The van der Waals surface area contributed by atoms with Gasteiger partial charge < -0.3 is 4.74 Å². The summed E-state index contributed by atoms with van der Waals surface area (Å²) in [5.74, 6) is -0.861. The van der Waals surface area contributed by atoms with Crippen molar-refractivity contribution in [2.45, 2.75) is 61.3 Å². The maximum Gasteiger partial charge on any atom is 0.310 e. The van der Waals surface area contributed by atoms with Gasteiger partial charge in [0.1, 0.15) is 0 Å². The zero-order valence-electron chi connectivity index (χ0n) is 16.5. The van der Waals surface area contributed by atoms with E-state index < -0.39 is 26.0 Å². The Hall–Kier alpha value is -1.49. The molecule has 1 N–H and O–H groups in total. The summed E-state index contributed by atoms with van der Waals surface area (Å²) in [5.41, 5.74) is 0. The number of ether oxygens (including phenoxy) is 1. The smallest absolute Gasteiger partial charge is 0.310 e. The molecule has 1 aliphatic heterocycles. The van der Waals surface area contributed by atoms with Gasteiger partial charge in [-0.2, -0.15) is 4.31 Å². The number of piperidine rings is 1. The highest BCUT2D eigenvalue weighted by Gasteiger charge is 2.34. The summed E-state index contributed by atoms with van der Waals surface area (Å²) in [6.45, 7) is 2.37. The first-order valence-electron chi connectivity index (χ1n) is 10.0. The number of rotatable bonds is 7. The molecule has 1 aliphatic carbocycles. The van der Waals surface area contributed by atoms with Gasteiger partial charge in [0.2, 0.25) is 20.0 Å². The van der Waals surface area contributed by atoms with Gasteiger partial charge in [0.25, 0.3) is 0 Å². The molecule has 1 aromatic rings. The molecule has 29 heavy (non-hydrogen) atoms. The van der Waals surface area contributed by atoms with Crippen molar-refractivity contribution in [1.29, 1.82) is 0 Å². The minimum Gasteiger partial charge on any atom is -0.466 e. The van der Waals surface area contributed by atoms with Crippen molar-refractivity contribution < 1.29 is 26.4 Å². The Kier molecular flexibility index (Phi) is 6.98. The SMILES string of the molecule is CCOC(=O)C1CCCN(S(=O)(=O)c2ccc(S(=O)(=O)NC3CCCC3)cc2)C1. The fraction of sp³-hybridized carbons (Fsp3) is 0.632. The second-order valence-electron chi connectivity index (χ2n) is 7.53. The van der Waals surface area contributed by atoms with Gasteiger partial charge in [0.05, 0.1) is 22.3 Å². The van der Waals surface area contributed by atoms with E-state index in [0.717, 1.165) is 25.7 Å². The Morgan fingerprint density at radius 3 is 2.28 bits per heavy atom. The topological polar surface area (TPSA) is 110 Å². The Balaban J connectivity index is 1.73. The Morgan fingerprint density at radius 1 is 1.03 bits per heavy atom. The van der Waals surface area contributed by atoms with Crippen LogP contribution in [0.5, 0.6) is 0 Å². The highest BCUT2D eigenvalue weighted by atomic mass is 32.2. The lowest BCUT2D eigenvalue weighted by atomic mass is 10.0. The summed E-state index contributed by atoms with van der Waals surface area (Å²) >= 11 is 0. The Morgan fingerprint density at radius 2 is 1.66 bits per heavy atom. The van der Waals surface area contributed by atoms with E-state index in [4.69, 9.17) is 4.74 Å². The zero-order valence-corrected chi connectivity index (χ0v) is 18.2. The molecule has 1 saturated heterocycles. The average molecular weight is 445 g/mol. The van der Waals surface area contributed by atoms with Crippen LogP contribution in [0, 0.1) is 5.92 Å². The third-order valence-electron chi connectivity index (χ3n) is 5.45. The second-order valence-corrected chi connectivity index (χ2v) is 11.2. The van der Waals surface area contributed by atoms with Crippen molar-refractivity contribution >= 4 is 26.0 Å². The molecule has 10 heteroatoms. The standard InChI is InChI=1S/C19H28N2O6S2/c1-2-27-19(22)15-6-5-13-21(14-15)29(25,26)18-11-9-17(10-12-18)28(23,24)20-16-7-3-4-8-16/h9-12,15-16,20H,2-8,13-14H2,1H3. The van der Waals surface area contributed by atoms with E-state index in [1.165, 1.54) is 28.6 Å². The number of carbonyl (C=O) groups is 1. The molecule has 0 radical (unpaired) electrons. The summed E-state index contributed by atoms with van der Waals surface area (Å²) < 4.78 is 59.9. The summed E-state index contributed by atoms with van der Waals surface area (Å²) in [7, 11) is -7.49. The van der Waals surface area contributed by atoms with Crippen molar-refractivity contribution in [3.05, 3.63) is 24.3 Å². The molecule has 0 bridgehead atoms. The van der Waals surface area contributed by atoms with E-state index in [2.05, 4.69) is 4.72 Å². The predicted molar refractivity (Wildman–Crippen MR) is 107 cm³/mol. The maximum atomic E-state index is 13.0. The van der Waals surface area contributed by atoms with Crippen molar-refractivity contribution in [3.63, 3.8) is 0 Å². The number of nitrogens with zero attached hydrogens (tertiary/aromatic N) is 1. The quantitative estimate of drug-likeness (QED) is 0.643. The van der Waals surface area contributed by atoms with Crippen LogP contribution < -0.4 is 4.72 Å². The van der Waals surface area contributed by atoms with Gasteiger partial charge >= 0.3 is 5.97 Å². The van der Waals surface area contributed by atoms with Gasteiger partial charge in [-0.25, -0.2) is 21.6 Å². The number of hydrogen-bond acceptors (Lipinski definition) is 6. The number of hydrogen-bond donors (Lipinski definition) is 1. The molecular formula is C19H28N2O6S2. The lowest BCUT2D eigenvalue weighted by Crippen LogP contribution is -2.42. The van der Waals surface area contributed by atoms with Gasteiger partial charge in [-0.3, -0.25) is 4.79 Å². The van der Waals surface area contributed by atoms with Crippen molar-refractivity contribution in [1.82, 2.24) is 9.03 Å². The molecule has 2 aliphatic rings. The minimum absolute atomic E-state index is 0.0156. The molecule has 1 saturated carbocycles. The summed E-state index contributed by atoms with van der Waals surface area (Å²) in [5, 5.41) is 0. The van der Waals surface area contributed by atoms with Crippen LogP contribution in [0.25, 0.3) is 0 Å². The van der Waals surface area contributed by atoms with Crippen molar-refractivity contribution in [2.24, 2.45) is 5.92 Å². The Bertz CT molecular complexity index is 922. The first-order valence-corrected chi connectivity index (χ1v) is 13.0. The van der Waals surface area contributed by atoms with Gasteiger partial charge in [-0.1, -0.05) is 12.8 Å². The fourth-order valence-electron chi connectivity index (χ4n) is 3.88. The zero-order chi connectivity index (χ0) is 21.1. The molecule has 1 unspecified atom stereocenters. The summed E-state index contributed by atoms with van der Waals surface area (Å²) in [4.78, 5) is 12.0. The predicted octanol–water partition coefficient (Wildman–Crippen LogP) is 1.87. The molecule has 0 amide bonds. The fourth-order valence-corrected chi connectivity index (χ4v) is 6.71. The van der Waals surface area contributed by atoms with Crippen LogP contribution in [0.15, 0.2) is 34.1 Å². The first kappa shape index (κ1) is 22.2. The van der Waals surface area contributed by atoms with Crippen LogP contribution in [0.1, 0.15) is 45.4 Å². The van der Waals surface area contributed by atoms with E-state index in [1.807, 2.05) is 0 Å². The minimum atomic E-state index is -3.82. The molecule has 2 fully saturated rings. The van der Waals surface area contributed by atoms with Crippen molar-refractivity contribution in [2.75, 3.05) is 19.7 Å². The van der Waals surface area contributed by atoms with Crippen LogP contribution in [-0.2, 0) is 29.6 Å². The van der Waals surface area contributed by atoms with E-state index in [9.17, 15) is 21.6 Å². The van der Waals surface area contributed by atoms with Gasteiger partial charge in [-0.15, -0.1) is 0 Å². The largest absolute Gasteiger partial charge is 0.466 e. The molecule has 8 nitrogen and oxygen atoms in total. The third kappa shape index (κ3) is 5.17. The molecule has 1 atom stereocenters. The van der Waals surface area contributed by atoms with E-state index in [-0.39, 0.29) is 35.0 Å². The summed E-state index contributed by atoms with van der Waals surface area (Å²) in [6.07, 6.45) is 4.82. The van der Waals surface area contributed by atoms with Crippen LogP contribution in [0.2, 0.25) is 0 Å². The third-order valence-corrected chi connectivity index (χ3v) is 8.87. The molecule has 0 aromatic heterocycles. The maximum absolute atomic E-state index is 13.0. The van der Waals surface area contributed by atoms with Crippen LogP contribution in [-0.4, -0.2) is 52.8 Å². The monoisotopic (exact) mass is 444 g/mol. The van der Waals surface area contributed by atoms with E-state index in [0.29, 0.717) is 19.4 Å². The highest BCUT2D eigenvalue weighted by molar-refractivity contribution is 7.89. The molecule has 162 valence electrons. The van der Waals surface area contributed by atoms with Gasteiger partial charge in [0, 0.05) is 19.1 Å². The molecule has 1 heterocycles. The van der Waals surface area contributed by atoms with E-state index in [1.54, 1.807) is 6.92 Å². The molecule has 0 spiro atoms.